The van der Waals surface area contributed by atoms with E-state index < -0.39 is 17.2 Å². The van der Waals surface area contributed by atoms with Gasteiger partial charge in [0.2, 0.25) is 0 Å². The van der Waals surface area contributed by atoms with Crippen LogP contribution in [0, 0.1) is 0 Å². The van der Waals surface area contributed by atoms with Crippen LogP contribution < -0.4 is 9.64 Å². The number of carbonyl (C=O) groups excluding carboxylic acids is 1. The summed E-state index contributed by atoms with van der Waals surface area (Å²) in [6.45, 7) is 0.524. The maximum Gasteiger partial charge on any atom is 0.268 e. The molecule has 2 atom stereocenters. The van der Waals surface area contributed by atoms with E-state index in [1.54, 1.807) is 29.6 Å². The molecule has 138 valence electrons. The normalized spacial score (nSPS) is 17.9. The smallest absolute Gasteiger partial charge is 0.268 e. The Morgan fingerprint density at radius 3 is 2.41 bits per heavy atom. The number of rotatable bonds is 5. The van der Waals surface area contributed by atoms with E-state index in [0.29, 0.717) is 24.4 Å². The molecule has 1 amide bonds. The molecular weight excluding hydrogens is 366 g/mol. The molecule has 0 spiro atoms. The highest BCUT2D eigenvalue weighted by molar-refractivity contribution is 7.79. The number of ether oxygens (including phenoxy) is 1. The first kappa shape index (κ1) is 17.4. The molecule has 2 aromatic carbocycles. The molecule has 4 rings (SSSR count). The zero-order valence-corrected chi connectivity index (χ0v) is 15.0. The molecule has 2 heterocycles. The van der Waals surface area contributed by atoms with Crippen LogP contribution in [0.2, 0.25) is 0 Å². The Labute approximate surface area is 158 Å². The van der Waals surface area contributed by atoms with Crippen molar-refractivity contribution in [2.45, 2.75) is 17.4 Å². The summed E-state index contributed by atoms with van der Waals surface area (Å²) in [5.41, 5.74) is 1.62. The number of carbonyl (C=O) groups is 1. The van der Waals surface area contributed by atoms with Crippen LogP contribution in [0.15, 0.2) is 72.1 Å². The molecule has 7 nitrogen and oxygen atoms in total. The molecule has 8 heteroatoms. The van der Waals surface area contributed by atoms with Crippen molar-refractivity contribution in [2.24, 2.45) is 0 Å². The molecule has 2 unspecified atom stereocenters. The second kappa shape index (κ2) is 7.34. The topological polar surface area (TPSA) is 87.5 Å². The predicted molar refractivity (Wildman–Crippen MR) is 98.6 cm³/mol. The highest BCUT2D eigenvalue weighted by Gasteiger charge is 2.34. The molecule has 1 saturated heterocycles. The molecule has 0 radical (unpaired) electrons. The van der Waals surface area contributed by atoms with Crippen LogP contribution in [0.1, 0.15) is 6.42 Å². The number of hydrogen-bond donors (Lipinski definition) is 0. The van der Waals surface area contributed by atoms with E-state index in [1.807, 2.05) is 35.0 Å². The molecule has 27 heavy (non-hydrogen) atoms. The molecule has 0 saturated carbocycles. The SMILES string of the molecule is O=C1C(Oc2ccc(-n3ccnc3)cc2)CCN1c1ccc(S(=O)[O-])cc1. The van der Waals surface area contributed by atoms with Crippen molar-refractivity contribution < 1.29 is 18.3 Å². The van der Waals surface area contributed by atoms with Crippen LogP contribution in [0.3, 0.4) is 0 Å². The first-order valence-electron chi connectivity index (χ1n) is 8.37. The molecule has 0 aliphatic carbocycles. The van der Waals surface area contributed by atoms with E-state index in [4.69, 9.17) is 4.74 Å². The Morgan fingerprint density at radius 2 is 1.78 bits per heavy atom. The molecule has 0 bridgehead atoms. The minimum Gasteiger partial charge on any atom is -0.768 e. The Balaban J connectivity index is 1.43. The predicted octanol–water partition coefficient (Wildman–Crippen LogP) is 2.29. The molecule has 1 aliphatic heterocycles. The zero-order chi connectivity index (χ0) is 18.8. The highest BCUT2D eigenvalue weighted by atomic mass is 32.2. The molecule has 1 aliphatic rings. The van der Waals surface area contributed by atoms with Gasteiger partial charge in [-0.1, -0.05) is 0 Å². The highest BCUT2D eigenvalue weighted by Crippen LogP contribution is 2.26. The summed E-state index contributed by atoms with van der Waals surface area (Å²) in [7, 11) is 0. The molecule has 0 N–H and O–H groups in total. The fourth-order valence-corrected chi connectivity index (χ4v) is 3.39. The number of hydrogen-bond acceptors (Lipinski definition) is 5. The Morgan fingerprint density at radius 1 is 1.07 bits per heavy atom. The van der Waals surface area contributed by atoms with Crippen LogP contribution in [-0.2, 0) is 15.9 Å². The van der Waals surface area contributed by atoms with Crippen molar-refractivity contribution in [1.29, 1.82) is 0 Å². The van der Waals surface area contributed by atoms with E-state index >= 15 is 0 Å². The monoisotopic (exact) mass is 382 g/mol. The first-order chi connectivity index (χ1) is 13.1. The maximum absolute atomic E-state index is 12.6. The lowest BCUT2D eigenvalue weighted by atomic mass is 10.2. The molecule has 1 fully saturated rings. The fraction of sp³-hybridized carbons (Fsp3) is 0.158. The number of anilines is 1. The van der Waals surface area contributed by atoms with Crippen molar-refractivity contribution in [3.8, 4) is 11.4 Å². The van der Waals surface area contributed by atoms with Crippen molar-refractivity contribution in [3.05, 3.63) is 67.3 Å². The van der Waals surface area contributed by atoms with Gasteiger partial charge in [-0.15, -0.1) is 0 Å². The van der Waals surface area contributed by atoms with Gasteiger partial charge in [-0.05, 0) is 59.6 Å². The Hall–Kier alpha value is -2.97. The standard InChI is InChI=1S/C19H17N3O4S/c23-19-18(9-11-22(19)15-3-7-17(8-4-15)27(24)25)26-16-5-1-14(2-6-16)21-12-10-20-13-21/h1-8,10,12-13,18H,9,11H2,(H,24,25)/p-1. The van der Waals surface area contributed by atoms with Gasteiger partial charge in [0.25, 0.3) is 5.91 Å². The number of aromatic nitrogens is 2. The third-order valence-corrected chi connectivity index (χ3v) is 5.07. The minimum absolute atomic E-state index is 0.135. The van der Waals surface area contributed by atoms with Crippen molar-refractivity contribution >= 4 is 22.7 Å². The lowest BCUT2D eigenvalue weighted by Gasteiger charge is -2.18. The van der Waals surface area contributed by atoms with E-state index in [9.17, 15) is 13.6 Å². The average molecular weight is 382 g/mol. The Bertz CT molecular complexity index is 956. The van der Waals surface area contributed by atoms with Crippen LogP contribution in [0.4, 0.5) is 5.69 Å². The third-order valence-electron chi connectivity index (χ3n) is 4.41. The second-order valence-electron chi connectivity index (χ2n) is 6.08. The number of nitrogens with zero attached hydrogens (tertiary/aromatic N) is 3. The maximum atomic E-state index is 12.6. The Kier molecular flexibility index (Phi) is 4.74. The molecule has 3 aromatic rings. The summed E-state index contributed by atoms with van der Waals surface area (Å²) >= 11 is -2.28. The summed E-state index contributed by atoms with van der Waals surface area (Å²) < 4.78 is 29.6. The van der Waals surface area contributed by atoms with Crippen LogP contribution in [0.5, 0.6) is 5.75 Å². The van der Waals surface area contributed by atoms with E-state index in [0.717, 1.165) is 5.69 Å². The van der Waals surface area contributed by atoms with Crippen LogP contribution >= 0.6 is 0 Å². The third kappa shape index (κ3) is 3.62. The number of amides is 1. The second-order valence-corrected chi connectivity index (χ2v) is 7.02. The summed E-state index contributed by atoms with van der Waals surface area (Å²) in [6.07, 6.45) is 5.27. The van der Waals surface area contributed by atoms with Gasteiger partial charge >= 0.3 is 0 Å². The van der Waals surface area contributed by atoms with E-state index in [1.165, 1.54) is 12.1 Å². The van der Waals surface area contributed by atoms with Gasteiger partial charge in [-0.2, -0.15) is 0 Å². The summed E-state index contributed by atoms with van der Waals surface area (Å²) in [4.78, 5) is 18.5. The van der Waals surface area contributed by atoms with Crippen LogP contribution in [0.25, 0.3) is 5.69 Å². The summed E-state index contributed by atoms with van der Waals surface area (Å²) in [5, 5.41) is 0. The fourth-order valence-electron chi connectivity index (χ4n) is 3.03. The summed E-state index contributed by atoms with van der Waals surface area (Å²) in [5.74, 6) is 0.487. The molecule has 1 aromatic heterocycles. The van der Waals surface area contributed by atoms with E-state index in [-0.39, 0.29) is 10.8 Å². The number of benzene rings is 2. The molecular formula is C19H16N3O4S-. The summed E-state index contributed by atoms with van der Waals surface area (Å²) in [6, 6.07) is 13.7. The van der Waals surface area contributed by atoms with Crippen molar-refractivity contribution in [3.63, 3.8) is 0 Å². The van der Waals surface area contributed by atoms with Gasteiger partial charge in [-0.25, -0.2) is 4.98 Å². The van der Waals surface area contributed by atoms with Gasteiger partial charge in [-0.3, -0.25) is 9.00 Å². The number of imidazole rings is 1. The van der Waals surface area contributed by atoms with Gasteiger partial charge in [0, 0.05) is 41.6 Å². The van der Waals surface area contributed by atoms with Crippen molar-refractivity contribution in [1.82, 2.24) is 9.55 Å². The minimum atomic E-state index is -2.28. The zero-order valence-electron chi connectivity index (χ0n) is 14.2. The van der Waals surface area contributed by atoms with Gasteiger partial charge in [0.05, 0.1) is 6.33 Å². The lowest BCUT2D eigenvalue weighted by Crippen LogP contribution is -2.32. The first-order valence-corrected chi connectivity index (χ1v) is 9.45. The van der Waals surface area contributed by atoms with Gasteiger partial charge < -0.3 is 18.8 Å². The van der Waals surface area contributed by atoms with Gasteiger partial charge in [0.15, 0.2) is 6.10 Å². The van der Waals surface area contributed by atoms with Crippen LogP contribution in [-0.4, -0.2) is 36.9 Å². The van der Waals surface area contributed by atoms with Crippen molar-refractivity contribution in [2.75, 3.05) is 11.4 Å². The lowest BCUT2D eigenvalue weighted by molar-refractivity contribution is -0.122. The quantitative estimate of drug-likeness (QED) is 0.632. The largest absolute Gasteiger partial charge is 0.768 e. The van der Waals surface area contributed by atoms with Gasteiger partial charge in [0.1, 0.15) is 5.75 Å². The average Bonchev–Trinajstić information content (AvgIpc) is 3.34. The van der Waals surface area contributed by atoms with E-state index in [2.05, 4.69) is 4.98 Å².